The summed E-state index contributed by atoms with van der Waals surface area (Å²) in [6.45, 7) is 5.39. The van der Waals surface area contributed by atoms with Crippen LogP contribution in [0.4, 0.5) is 0 Å². The summed E-state index contributed by atoms with van der Waals surface area (Å²) in [5.74, 6) is 0.155. The van der Waals surface area contributed by atoms with Gasteiger partial charge >= 0.3 is 0 Å². The van der Waals surface area contributed by atoms with Crippen molar-refractivity contribution in [2.24, 2.45) is 0 Å². The fourth-order valence-electron chi connectivity index (χ4n) is 3.45. The molecule has 0 unspecified atom stereocenters. The number of carbonyl (C=O) groups excluding carboxylic acids is 1. The van der Waals surface area contributed by atoms with E-state index in [1.807, 2.05) is 18.4 Å². The molecule has 0 saturated carbocycles. The van der Waals surface area contributed by atoms with Gasteiger partial charge in [0.15, 0.2) is 0 Å². The Morgan fingerprint density at radius 1 is 1.32 bits per heavy atom. The third-order valence-electron chi connectivity index (χ3n) is 4.90. The molecule has 8 nitrogen and oxygen atoms in total. The Balaban J connectivity index is 1.60. The highest BCUT2D eigenvalue weighted by Gasteiger charge is 2.30. The minimum Gasteiger partial charge on any atom is -0.471 e. The molecule has 0 aliphatic carbocycles. The lowest BCUT2D eigenvalue weighted by Crippen LogP contribution is -2.34. The molecule has 8 heteroatoms. The smallest absolute Gasteiger partial charge is 0.259 e. The predicted octanol–water partition coefficient (Wildman–Crippen LogP) is 1.81. The first-order chi connectivity index (χ1) is 13.6. The lowest BCUT2D eigenvalue weighted by atomic mass is 10.1. The largest absolute Gasteiger partial charge is 0.471 e. The Hall–Kier alpha value is -3.29. The highest BCUT2D eigenvalue weighted by atomic mass is 16.5. The Morgan fingerprint density at radius 2 is 2.18 bits per heavy atom. The van der Waals surface area contributed by atoms with Gasteiger partial charge in [0.25, 0.3) is 5.91 Å². The second-order valence-corrected chi connectivity index (χ2v) is 6.82. The summed E-state index contributed by atoms with van der Waals surface area (Å²) in [6, 6.07) is 7.01. The van der Waals surface area contributed by atoms with Crippen LogP contribution in [0.1, 0.15) is 29.4 Å². The first-order valence-corrected chi connectivity index (χ1v) is 9.31. The number of likely N-dealkylation sites (tertiary alicyclic amines) is 1. The number of ether oxygens (including phenoxy) is 1. The zero-order chi connectivity index (χ0) is 19.7. The monoisotopic (exact) mass is 379 g/mol. The quantitative estimate of drug-likeness (QED) is 0.687. The first-order valence-electron chi connectivity index (χ1n) is 9.31. The van der Waals surface area contributed by atoms with Crippen LogP contribution in [-0.2, 0) is 6.54 Å². The molecule has 3 aromatic heterocycles. The Kier molecular flexibility index (Phi) is 4.77. The van der Waals surface area contributed by atoms with Gasteiger partial charge in [-0.3, -0.25) is 9.59 Å². The normalized spacial score (nSPS) is 16.5. The number of carbonyl (C=O) groups is 1. The van der Waals surface area contributed by atoms with Gasteiger partial charge < -0.3 is 14.2 Å². The molecular formula is C20H21N5O3. The summed E-state index contributed by atoms with van der Waals surface area (Å²) in [7, 11) is 0. The molecule has 1 aliphatic rings. The van der Waals surface area contributed by atoms with Crippen LogP contribution in [0.25, 0.3) is 11.0 Å². The minimum atomic E-state index is -0.282. The van der Waals surface area contributed by atoms with Crippen molar-refractivity contribution in [1.29, 1.82) is 0 Å². The number of hydrogen-bond acceptors (Lipinski definition) is 6. The van der Waals surface area contributed by atoms with Crippen LogP contribution in [0.5, 0.6) is 5.88 Å². The van der Waals surface area contributed by atoms with Gasteiger partial charge in [0, 0.05) is 43.7 Å². The highest BCUT2D eigenvalue weighted by Crippen LogP contribution is 2.18. The summed E-state index contributed by atoms with van der Waals surface area (Å²) in [4.78, 5) is 32.1. The molecule has 0 aromatic carbocycles. The van der Waals surface area contributed by atoms with Gasteiger partial charge in [0.05, 0.1) is 11.9 Å². The maximum atomic E-state index is 13.1. The molecule has 1 amide bonds. The molecular weight excluding hydrogens is 358 g/mol. The zero-order valence-corrected chi connectivity index (χ0v) is 15.8. The lowest BCUT2D eigenvalue weighted by Gasteiger charge is -2.18. The van der Waals surface area contributed by atoms with E-state index in [-0.39, 0.29) is 23.0 Å². The number of aryl methyl sites for hydroxylation is 2. The lowest BCUT2D eigenvalue weighted by molar-refractivity contribution is 0.0769. The van der Waals surface area contributed by atoms with Crippen LogP contribution < -0.4 is 10.2 Å². The van der Waals surface area contributed by atoms with E-state index < -0.39 is 0 Å². The van der Waals surface area contributed by atoms with Gasteiger partial charge in [0.2, 0.25) is 11.3 Å². The molecule has 0 bridgehead atoms. The van der Waals surface area contributed by atoms with Crippen molar-refractivity contribution < 1.29 is 9.53 Å². The SMILES string of the molecule is CCn1cc(C(=O)N2CC[C@H](Oc3cccnn3)C2)c(=O)c2ccc(C)nc21. The number of rotatable bonds is 4. The summed E-state index contributed by atoms with van der Waals surface area (Å²) in [6.07, 6.45) is 3.71. The van der Waals surface area contributed by atoms with Crippen molar-refractivity contribution in [3.05, 3.63) is 58.1 Å². The number of aromatic nitrogens is 4. The summed E-state index contributed by atoms with van der Waals surface area (Å²) >= 11 is 0. The van der Waals surface area contributed by atoms with E-state index >= 15 is 0 Å². The predicted molar refractivity (Wildman–Crippen MR) is 103 cm³/mol. The molecule has 0 spiro atoms. The molecule has 4 heterocycles. The topological polar surface area (TPSA) is 90.2 Å². The van der Waals surface area contributed by atoms with Crippen LogP contribution in [0, 0.1) is 6.92 Å². The number of hydrogen-bond donors (Lipinski definition) is 0. The van der Waals surface area contributed by atoms with E-state index in [4.69, 9.17) is 4.74 Å². The van der Waals surface area contributed by atoms with E-state index in [1.165, 1.54) is 0 Å². The second kappa shape index (κ2) is 7.38. The molecule has 28 heavy (non-hydrogen) atoms. The van der Waals surface area contributed by atoms with Gasteiger partial charge in [0.1, 0.15) is 17.3 Å². The molecule has 1 saturated heterocycles. The van der Waals surface area contributed by atoms with Crippen molar-refractivity contribution in [3.8, 4) is 5.88 Å². The molecule has 1 atom stereocenters. The number of amides is 1. The summed E-state index contributed by atoms with van der Waals surface area (Å²) in [5.41, 5.74) is 1.32. The Labute approximate surface area is 161 Å². The van der Waals surface area contributed by atoms with Crippen LogP contribution in [0.2, 0.25) is 0 Å². The van der Waals surface area contributed by atoms with Crippen molar-refractivity contribution in [2.45, 2.75) is 32.9 Å². The van der Waals surface area contributed by atoms with Crippen LogP contribution in [-0.4, -0.2) is 49.7 Å². The third kappa shape index (κ3) is 3.33. The molecule has 1 fully saturated rings. The summed E-state index contributed by atoms with van der Waals surface area (Å²) < 4.78 is 7.64. The van der Waals surface area contributed by atoms with Crippen molar-refractivity contribution >= 4 is 16.9 Å². The minimum absolute atomic E-state index is 0.167. The van der Waals surface area contributed by atoms with Crippen LogP contribution in [0.15, 0.2) is 41.5 Å². The van der Waals surface area contributed by atoms with E-state index in [2.05, 4.69) is 15.2 Å². The van der Waals surface area contributed by atoms with E-state index in [9.17, 15) is 9.59 Å². The van der Waals surface area contributed by atoms with Gasteiger partial charge in [-0.1, -0.05) is 0 Å². The molecule has 1 aliphatic heterocycles. The maximum absolute atomic E-state index is 13.1. The van der Waals surface area contributed by atoms with E-state index in [0.717, 1.165) is 5.69 Å². The van der Waals surface area contributed by atoms with Crippen LogP contribution in [0.3, 0.4) is 0 Å². The first kappa shape index (κ1) is 18.1. The zero-order valence-electron chi connectivity index (χ0n) is 15.8. The number of nitrogens with zero attached hydrogens (tertiary/aromatic N) is 5. The molecule has 144 valence electrons. The number of pyridine rings is 2. The van der Waals surface area contributed by atoms with Gasteiger partial charge in [-0.15, -0.1) is 5.10 Å². The van der Waals surface area contributed by atoms with Crippen molar-refractivity contribution in [2.75, 3.05) is 13.1 Å². The fourth-order valence-corrected chi connectivity index (χ4v) is 3.45. The highest BCUT2D eigenvalue weighted by molar-refractivity contribution is 5.97. The van der Waals surface area contributed by atoms with Crippen LogP contribution >= 0.6 is 0 Å². The van der Waals surface area contributed by atoms with Crippen molar-refractivity contribution in [1.82, 2.24) is 24.6 Å². The summed E-state index contributed by atoms with van der Waals surface area (Å²) in [5, 5.41) is 8.16. The van der Waals surface area contributed by atoms with Gasteiger partial charge in [-0.25, -0.2) is 4.98 Å². The van der Waals surface area contributed by atoms with Crippen molar-refractivity contribution in [3.63, 3.8) is 0 Å². The third-order valence-corrected chi connectivity index (χ3v) is 4.90. The average molecular weight is 379 g/mol. The standard InChI is InChI=1S/C20H21N5O3/c1-3-24-12-16(18(26)15-7-6-13(2)22-19(15)24)20(27)25-10-8-14(11-25)28-17-5-4-9-21-23-17/h4-7,9,12,14H,3,8,10-11H2,1-2H3/t14-/m0/s1. The second-order valence-electron chi connectivity index (χ2n) is 6.82. The fraction of sp³-hybridized carbons (Fsp3) is 0.350. The molecule has 4 rings (SSSR count). The van der Waals surface area contributed by atoms with Gasteiger partial charge in [-0.05, 0) is 32.0 Å². The molecule has 3 aromatic rings. The average Bonchev–Trinajstić information content (AvgIpc) is 3.17. The molecule has 0 N–H and O–H groups in total. The Morgan fingerprint density at radius 3 is 2.93 bits per heavy atom. The number of fused-ring (bicyclic) bond motifs is 1. The van der Waals surface area contributed by atoms with E-state index in [1.54, 1.807) is 41.6 Å². The molecule has 0 radical (unpaired) electrons. The van der Waals surface area contributed by atoms with E-state index in [0.29, 0.717) is 43.0 Å². The Bertz CT molecular complexity index is 1080. The maximum Gasteiger partial charge on any atom is 0.259 e. The van der Waals surface area contributed by atoms with Gasteiger partial charge in [-0.2, -0.15) is 5.10 Å².